The largest absolute Gasteiger partial charge is 0.363 e. The van der Waals surface area contributed by atoms with E-state index in [0.717, 1.165) is 25.9 Å². The molecule has 0 spiro atoms. The first-order chi connectivity index (χ1) is 9.19. The van der Waals surface area contributed by atoms with E-state index in [4.69, 9.17) is 5.26 Å². The Morgan fingerprint density at radius 2 is 2.21 bits per heavy atom. The summed E-state index contributed by atoms with van der Waals surface area (Å²) in [4.78, 5) is 2.14. The molecular weight excluding hydrogens is 241 g/mol. The quantitative estimate of drug-likeness (QED) is 0.909. The van der Waals surface area contributed by atoms with Crippen LogP contribution in [0.15, 0.2) is 18.2 Å². The average molecular weight is 261 g/mol. The lowest BCUT2D eigenvalue weighted by Crippen LogP contribution is -2.56. The molecule has 3 nitrogen and oxygen atoms in total. The fourth-order valence-electron chi connectivity index (χ4n) is 2.61. The second-order valence-electron chi connectivity index (χ2n) is 5.01. The predicted molar refractivity (Wildman–Crippen MR) is 74.6 cm³/mol. The van der Waals surface area contributed by atoms with Crippen molar-refractivity contribution < 1.29 is 4.39 Å². The van der Waals surface area contributed by atoms with E-state index in [1.165, 1.54) is 6.07 Å². The number of nitriles is 1. The van der Waals surface area contributed by atoms with Gasteiger partial charge in [0.2, 0.25) is 0 Å². The summed E-state index contributed by atoms with van der Waals surface area (Å²) >= 11 is 0. The number of nitrogens with zero attached hydrogens (tertiary/aromatic N) is 2. The van der Waals surface area contributed by atoms with Gasteiger partial charge in [0.1, 0.15) is 5.82 Å². The smallest absolute Gasteiger partial charge is 0.147 e. The maximum absolute atomic E-state index is 14.1. The van der Waals surface area contributed by atoms with Crippen LogP contribution < -0.4 is 10.2 Å². The Morgan fingerprint density at radius 3 is 2.79 bits per heavy atom. The zero-order valence-electron chi connectivity index (χ0n) is 11.5. The summed E-state index contributed by atoms with van der Waals surface area (Å²) in [7, 11) is 0. The minimum Gasteiger partial charge on any atom is -0.363 e. The van der Waals surface area contributed by atoms with Gasteiger partial charge >= 0.3 is 0 Å². The van der Waals surface area contributed by atoms with Crippen molar-refractivity contribution in [3.05, 3.63) is 29.6 Å². The molecular formula is C15H20FN3. The molecule has 1 saturated heterocycles. The zero-order chi connectivity index (χ0) is 13.8. The molecule has 2 unspecified atom stereocenters. The highest BCUT2D eigenvalue weighted by Gasteiger charge is 2.27. The van der Waals surface area contributed by atoms with E-state index in [-0.39, 0.29) is 5.82 Å². The van der Waals surface area contributed by atoms with Gasteiger partial charge in [0.25, 0.3) is 0 Å². The second kappa shape index (κ2) is 6.03. The number of rotatable bonds is 3. The maximum Gasteiger partial charge on any atom is 0.147 e. The number of anilines is 1. The number of halogens is 1. The van der Waals surface area contributed by atoms with Crippen molar-refractivity contribution in [1.29, 1.82) is 5.26 Å². The zero-order valence-corrected chi connectivity index (χ0v) is 11.5. The number of benzene rings is 1. The molecule has 0 radical (unpaired) electrons. The molecule has 2 rings (SSSR count). The van der Waals surface area contributed by atoms with Crippen molar-refractivity contribution in [3.63, 3.8) is 0 Å². The van der Waals surface area contributed by atoms with Gasteiger partial charge in [-0.2, -0.15) is 5.26 Å². The molecule has 1 aromatic carbocycles. The molecule has 0 aromatic heterocycles. The molecule has 102 valence electrons. The van der Waals surface area contributed by atoms with Crippen LogP contribution in [0, 0.1) is 17.1 Å². The molecule has 1 aliphatic heterocycles. The van der Waals surface area contributed by atoms with Gasteiger partial charge in [-0.3, -0.25) is 0 Å². The summed E-state index contributed by atoms with van der Waals surface area (Å²) in [6.45, 7) is 5.96. The lowest BCUT2D eigenvalue weighted by molar-refractivity contribution is 0.375. The van der Waals surface area contributed by atoms with Crippen LogP contribution in [0.25, 0.3) is 0 Å². The van der Waals surface area contributed by atoms with Crippen LogP contribution in [0.3, 0.4) is 0 Å². The third-order valence-corrected chi connectivity index (χ3v) is 3.85. The molecule has 1 heterocycles. The van der Waals surface area contributed by atoms with Crippen LogP contribution in [-0.2, 0) is 0 Å². The van der Waals surface area contributed by atoms with Crippen molar-refractivity contribution in [2.45, 2.75) is 38.8 Å². The minimum absolute atomic E-state index is 0.297. The van der Waals surface area contributed by atoms with Crippen molar-refractivity contribution in [2.24, 2.45) is 0 Å². The van der Waals surface area contributed by atoms with Gasteiger partial charge in [-0.1, -0.05) is 13.8 Å². The van der Waals surface area contributed by atoms with Crippen LogP contribution in [0.4, 0.5) is 10.1 Å². The van der Waals surface area contributed by atoms with Gasteiger partial charge in [-0.05, 0) is 31.0 Å². The summed E-state index contributed by atoms with van der Waals surface area (Å²) in [5, 5.41) is 12.3. The minimum atomic E-state index is -0.297. The highest BCUT2D eigenvalue weighted by Crippen LogP contribution is 2.25. The molecule has 0 saturated carbocycles. The third-order valence-electron chi connectivity index (χ3n) is 3.85. The van der Waals surface area contributed by atoms with E-state index < -0.39 is 0 Å². The first kappa shape index (κ1) is 13.8. The SMILES string of the molecule is CCC1CN(c2ccc(C#N)cc2F)C(CC)CN1. The molecule has 1 fully saturated rings. The van der Waals surface area contributed by atoms with E-state index >= 15 is 0 Å². The summed E-state index contributed by atoms with van der Waals surface area (Å²) in [6.07, 6.45) is 2.01. The van der Waals surface area contributed by atoms with Crippen LogP contribution >= 0.6 is 0 Å². The Kier molecular flexibility index (Phi) is 4.39. The molecule has 1 aliphatic rings. The second-order valence-corrected chi connectivity index (χ2v) is 5.01. The van der Waals surface area contributed by atoms with Gasteiger partial charge in [0, 0.05) is 25.2 Å². The lowest BCUT2D eigenvalue weighted by Gasteiger charge is -2.41. The Hall–Kier alpha value is -1.60. The first-order valence-corrected chi connectivity index (χ1v) is 6.89. The van der Waals surface area contributed by atoms with Gasteiger partial charge in [-0.15, -0.1) is 0 Å². The van der Waals surface area contributed by atoms with Crippen LogP contribution in [0.2, 0.25) is 0 Å². The normalized spacial score (nSPS) is 23.2. The monoisotopic (exact) mass is 261 g/mol. The highest BCUT2D eigenvalue weighted by atomic mass is 19.1. The number of piperazine rings is 1. The van der Waals surface area contributed by atoms with Crippen molar-refractivity contribution in [1.82, 2.24) is 5.32 Å². The highest BCUT2D eigenvalue weighted by molar-refractivity contribution is 5.52. The van der Waals surface area contributed by atoms with Crippen molar-refractivity contribution in [2.75, 3.05) is 18.0 Å². The summed E-state index contributed by atoms with van der Waals surface area (Å²) in [5.41, 5.74) is 0.988. The Bertz CT molecular complexity index is 481. The van der Waals surface area contributed by atoms with Gasteiger partial charge < -0.3 is 10.2 Å². The van der Waals surface area contributed by atoms with E-state index in [1.54, 1.807) is 12.1 Å². The Morgan fingerprint density at radius 1 is 1.42 bits per heavy atom. The van der Waals surface area contributed by atoms with Crippen molar-refractivity contribution >= 4 is 5.69 Å². The van der Waals surface area contributed by atoms with E-state index in [1.807, 2.05) is 6.07 Å². The molecule has 0 amide bonds. The lowest BCUT2D eigenvalue weighted by atomic mass is 10.0. The molecule has 4 heteroatoms. The fourth-order valence-corrected chi connectivity index (χ4v) is 2.61. The Balaban J connectivity index is 2.29. The van der Waals surface area contributed by atoms with Gasteiger partial charge in [0.15, 0.2) is 0 Å². The number of hydrogen-bond donors (Lipinski definition) is 1. The topological polar surface area (TPSA) is 39.1 Å². The first-order valence-electron chi connectivity index (χ1n) is 6.89. The van der Waals surface area contributed by atoms with Crippen LogP contribution in [0.5, 0.6) is 0 Å². The van der Waals surface area contributed by atoms with Gasteiger partial charge in [-0.25, -0.2) is 4.39 Å². The van der Waals surface area contributed by atoms with E-state index in [0.29, 0.717) is 23.3 Å². The average Bonchev–Trinajstić information content (AvgIpc) is 2.46. The molecule has 19 heavy (non-hydrogen) atoms. The number of nitrogens with one attached hydrogen (secondary N) is 1. The maximum atomic E-state index is 14.1. The summed E-state index contributed by atoms with van der Waals surface area (Å²) in [6, 6.07) is 7.43. The summed E-state index contributed by atoms with van der Waals surface area (Å²) < 4.78 is 14.1. The third kappa shape index (κ3) is 2.87. The van der Waals surface area contributed by atoms with Crippen LogP contribution in [0.1, 0.15) is 32.3 Å². The standard InChI is InChI=1S/C15H20FN3/c1-3-12-10-19(13(4-2)9-18-12)15-6-5-11(8-17)7-14(15)16/h5-7,12-13,18H,3-4,9-10H2,1-2H3. The molecule has 0 aliphatic carbocycles. The summed E-state index contributed by atoms with van der Waals surface area (Å²) in [5.74, 6) is -0.297. The number of hydrogen-bond acceptors (Lipinski definition) is 3. The van der Waals surface area contributed by atoms with Crippen molar-refractivity contribution in [3.8, 4) is 6.07 Å². The molecule has 1 N–H and O–H groups in total. The van der Waals surface area contributed by atoms with E-state index in [2.05, 4.69) is 24.1 Å². The van der Waals surface area contributed by atoms with Crippen LogP contribution in [-0.4, -0.2) is 25.2 Å². The van der Waals surface area contributed by atoms with E-state index in [9.17, 15) is 4.39 Å². The Labute approximate surface area is 114 Å². The molecule has 1 aromatic rings. The molecule has 2 atom stereocenters. The molecule has 0 bridgehead atoms. The predicted octanol–water partition coefficient (Wildman–Crippen LogP) is 2.66. The fraction of sp³-hybridized carbons (Fsp3) is 0.533. The van der Waals surface area contributed by atoms with Gasteiger partial charge in [0.05, 0.1) is 17.3 Å².